The molecule has 0 aliphatic carbocycles. The zero-order valence-corrected chi connectivity index (χ0v) is 46.8. The molecule has 1 aliphatic rings. The highest BCUT2D eigenvalue weighted by atomic mass is 16.7. The lowest BCUT2D eigenvalue weighted by molar-refractivity contribution is -0.302. The molecular formula is C62H119NO8. The van der Waals surface area contributed by atoms with Crippen molar-refractivity contribution in [1.82, 2.24) is 5.32 Å². The normalized spacial score (nSPS) is 19.3. The Hall–Kier alpha value is -1.33. The van der Waals surface area contributed by atoms with E-state index in [2.05, 4.69) is 31.3 Å². The monoisotopic (exact) mass is 1010 g/mol. The van der Waals surface area contributed by atoms with Crippen LogP contribution in [-0.4, -0.2) is 87.5 Å². The van der Waals surface area contributed by atoms with E-state index in [0.29, 0.717) is 6.42 Å². The summed E-state index contributed by atoms with van der Waals surface area (Å²) in [5, 5.41) is 54.5. The molecule has 0 aromatic heterocycles. The molecule has 0 spiro atoms. The highest BCUT2D eigenvalue weighted by Crippen LogP contribution is 2.23. The van der Waals surface area contributed by atoms with Gasteiger partial charge in [0.05, 0.1) is 25.4 Å². The van der Waals surface area contributed by atoms with Gasteiger partial charge in [0.1, 0.15) is 24.4 Å². The fourth-order valence-electron chi connectivity index (χ4n) is 10.1. The Morgan fingerprint density at radius 1 is 0.465 bits per heavy atom. The van der Waals surface area contributed by atoms with Gasteiger partial charge in [0.15, 0.2) is 6.29 Å². The lowest BCUT2D eigenvalue weighted by Crippen LogP contribution is -2.60. The molecule has 1 amide bonds. The summed E-state index contributed by atoms with van der Waals surface area (Å²) in [7, 11) is 0. The van der Waals surface area contributed by atoms with E-state index >= 15 is 0 Å². The predicted octanol–water partition coefficient (Wildman–Crippen LogP) is 15.7. The second kappa shape index (κ2) is 52.1. The number of rotatable bonds is 54. The van der Waals surface area contributed by atoms with Crippen LogP contribution in [0.5, 0.6) is 0 Å². The Morgan fingerprint density at radius 2 is 0.789 bits per heavy atom. The molecule has 0 aromatic carbocycles. The summed E-state index contributed by atoms with van der Waals surface area (Å²) in [5.41, 5.74) is 0. The minimum Gasteiger partial charge on any atom is -0.394 e. The van der Waals surface area contributed by atoms with E-state index in [9.17, 15) is 30.3 Å². The second-order valence-corrected chi connectivity index (χ2v) is 21.9. The SMILES string of the molecule is CCCCCCCCCC/C=C\CCCCCCCCCCCCCCCCCCCCCC(=O)NC(COC1OC(CO)C(O)C(O)C1O)C(O)/C=C/CCCCCCCCCCCCCCCCC. The molecule has 0 aromatic rings. The van der Waals surface area contributed by atoms with Gasteiger partial charge in [-0.25, -0.2) is 0 Å². The molecule has 0 radical (unpaired) electrons. The van der Waals surface area contributed by atoms with E-state index in [1.54, 1.807) is 6.08 Å². The number of amides is 1. The van der Waals surface area contributed by atoms with Gasteiger partial charge in [0.25, 0.3) is 0 Å². The number of aliphatic hydroxyl groups is 5. The molecule has 1 heterocycles. The minimum atomic E-state index is -1.56. The first-order chi connectivity index (χ1) is 34.8. The summed E-state index contributed by atoms with van der Waals surface area (Å²) < 4.78 is 11.3. The molecule has 0 bridgehead atoms. The van der Waals surface area contributed by atoms with Crippen molar-refractivity contribution in [3.63, 3.8) is 0 Å². The number of unbranched alkanes of at least 4 members (excludes halogenated alkanes) is 42. The zero-order valence-electron chi connectivity index (χ0n) is 46.8. The van der Waals surface area contributed by atoms with Crippen LogP contribution < -0.4 is 5.32 Å². The quantitative estimate of drug-likeness (QED) is 0.0261. The van der Waals surface area contributed by atoms with Crippen molar-refractivity contribution in [2.45, 2.75) is 352 Å². The van der Waals surface area contributed by atoms with E-state index < -0.39 is 49.5 Å². The van der Waals surface area contributed by atoms with Gasteiger partial charge in [0, 0.05) is 6.42 Å². The Kier molecular flexibility index (Phi) is 49.7. The van der Waals surface area contributed by atoms with Gasteiger partial charge >= 0.3 is 0 Å². The maximum atomic E-state index is 13.1. The standard InChI is InChI=1S/C62H119NO8/c1-3-5-7-9-11-13-15-17-19-21-22-23-24-25-26-27-28-29-30-31-32-33-34-36-38-40-42-44-46-48-50-52-58(66)63-55(54-70-62-61(69)60(68)59(67)57(53-64)71-62)56(65)51-49-47-45-43-41-39-37-35-20-18-16-14-12-10-8-6-4-2/h21-22,49,51,55-57,59-62,64-65,67-69H,3-20,23-48,50,52-54H2,1-2H3,(H,63,66)/b22-21-,51-49+. The zero-order chi connectivity index (χ0) is 51.5. The Bertz CT molecular complexity index is 1170. The Balaban J connectivity index is 2.13. The molecular weight excluding hydrogens is 887 g/mol. The molecule has 420 valence electrons. The fourth-order valence-corrected chi connectivity index (χ4v) is 10.1. The Labute approximate surface area is 439 Å². The van der Waals surface area contributed by atoms with Crippen LogP contribution in [-0.2, 0) is 14.3 Å². The maximum absolute atomic E-state index is 13.1. The Morgan fingerprint density at radius 3 is 1.14 bits per heavy atom. The van der Waals surface area contributed by atoms with Crippen LogP contribution in [0.2, 0.25) is 0 Å². The van der Waals surface area contributed by atoms with Crippen LogP contribution in [0.4, 0.5) is 0 Å². The van der Waals surface area contributed by atoms with Gasteiger partial charge < -0.3 is 40.3 Å². The van der Waals surface area contributed by atoms with E-state index in [1.807, 2.05) is 6.08 Å². The third kappa shape index (κ3) is 41.6. The van der Waals surface area contributed by atoms with Crippen LogP contribution in [0.25, 0.3) is 0 Å². The van der Waals surface area contributed by atoms with Gasteiger partial charge in [-0.2, -0.15) is 0 Å². The van der Waals surface area contributed by atoms with Crippen molar-refractivity contribution in [2.75, 3.05) is 13.2 Å². The topological polar surface area (TPSA) is 149 Å². The molecule has 1 fully saturated rings. The van der Waals surface area contributed by atoms with Crippen molar-refractivity contribution in [3.8, 4) is 0 Å². The molecule has 71 heavy (non-hydrogen) atoms. The van der Waals surface area contributed by atoms with Gasteiger partial charge in [-0.15, -0.1) is 0 Å². The van der Waals surface area contributed by atoms with Crippen LogP contribution in [0.1, 0.15) is 309 Å². The van der Waals surface area contributed by atoms with Crippen molar-refractivity contribution < 1.29 is 39.8 Å². The largest absolute Gasteiger partial charge is 0.394 e. The molecule has 9 heteroatoms. The molecule has 1 aliphatic heterocycles. The smallest absolute Gasteiger partial charge is 0.220 e. The molecule has 7 atom stereocenters. The highest BCUT2D eigenvalue weighted by molar-refractivity contribution is 5.76. The number of ether oxygens (including phenoxy) is 2. The van der Waals surface area contributed by atoms with Crippen molar-refractivity contribution in [1.29, 1.82) is 0 Å². The summed E-state index contributed by atoms with van der Waals surface area (Å²) in [6.45, 7) is 3.82. The number of aliphatic hydroxyl groups excluding tert-OH is 5. The first-order valence-corrected chi connectivity index (χ1v) is 31.1. The summed E-state index contributed by atoms with van der Waals surface area (Å²) in [6.07, 6.45) is 59.8. The van der Waals surface area contributed by atoms with Crippen molar-refractivity contribution in [3.05, 3.63) is 24.3 Å². The number of carbonyl (C=O) groups is 1. The predicted molar refractivity (Wildman–Crippen MR) is 300 cm³/mol. The first-order valence-electron chi connectivity index (χ1n) is 31.1. The van der Waals surface area contributed by atoms with Gasteiger partial charge in [0.2, 0.25) is 5.91 Å². The highest BCUT2D eigenvalue weighted by Gasteiger charge is 2.44. The van der Waals surface area contributed by atoms with Crippen LogP contribution in [0, 0.1) is 0 Å². The molecule has 7 unspecified atom stereocenters. The van der Waals surface area contributed by atoms with Crippen LogP contribution >= 0.6 is 0 Å². The minimum absolute atomic E-state index is 0.171. The summed E-state index contributed by atoms with van der Waals surface area (Å²) in [6, 6.07) is -0.802. The lowest BCUT2D eigenvalue weighted by atomic mass is 9.99. The van der Waals surface area contributed by atoms with Crippen LogP contribution in [0.15, 0.2) is 24.3 Å². The summed E-state index contributed by atoms with van der Waals surface area (Å²) >= 11 is 0. The number of allylic oxidation sites excluding steroid dienone is 3. The number of hydrogen-bond donors (Lipinski definition) is 6. The summed E-state index contributed by atoms with van der Waals surface area (Å²) in [4.78, 5) is 13.1. The molecule has 1 rings (SSSR count). The molecule has 0 saturated carbocycles. The van der Waals surface area contributed by atoms with Gasteiger partial charge in [-0.05, 0) is 44.9 Å². The third-order valence-corrected chi connectivity index (χ3v) is 15.0. The van der Waals surface area contributed by atoms with Gasteiger partial charge in [-0.1, -0.05) is 282 Å². The first kappa shape index (κ1) is 67.7. The van der Waals surface area contributed by atoms with E-state index in [0.717, 1.165) is 38.5 Å². The molecule has 9 nitrogen and oxygen atoms in total. The van der Waals surface area contributed by atoms with Gasteiger partial charge in [-0.3, -0.25) is 4.79 Å². The number of carbonyl (C=O) groups excluding carboxylic acids is 1. The lowest BCUT2D eigenvalue weighted by Gasteiger charge is -2.40. The van der Waals surface area contributed by atoms with Crippen molar-refractivity contribution in [2.24, 2.45) is 0 Å². The van der Waals surface area contributed by atoms with E-state index in [1.165, 1.54) is 250 Å². The average Bonchev–Trinajstić information content (AvgIpc) is 3.37. The van der Waals surface area contributed by atoms with Crippen molar-refractivity contribution >= 4 is 5.91 Å². The fraction of sp³-hybridized carbons (Fsp3) is 0.919. The second-order valence-electron chi connectivity index (χ2n) is 21.9. The van der Waals surface area contributed by atoms with E-state index in [4.69, 9.17) is 9.47 Å². The summed E-state index contributed by atoms with van der Waals surface area (Å²) in [5.74, 6) is -0.171. The maximum Gasteiger partial charge on any atom is 0.220 e. The molecule has 6 N–H and O–H groups in total. The average molecular weight is 1010 g/mol. The van der Waals surface area contributed by atoms with Crippen LogP contribution in [0.3, 0.4) is 0 Å². The molecule has 1 saturated heterocycles. The number of hydrogen-bond acceptors (Lipinski definition) is 8. The third-order valence-electron chi connectivity index (χ3n) is 15.0. The number of nitrogens with one attached hydrogen (secondary N) is 1. The van der Waals surface area contributed by atoms with E-state index in [-0.39, 0.29) is 12.5 Å².